The number of rotatable bonds is 12. The van der Waals surface area contributed by atoms with Crippen molar-refractivity contribution in [2.24, 2.45) is 0 Å². The molecule has 0 bridgehead atoms. The van der Waals surface area contributed by atoms with Crippen LogP contribution in [0.5, 0.6) is 5.75 Å². The maximum Gasteiger partial charge on any atom is 0.284 e. The predicted molar refractivity (Wildman–Crippen MR) is 203 cm³/mol. The Balaban J connectivity index is 1.18. The Morgan fingerprint density at radius 1 is 1.08 bits per heavy atom. The van der Waals surface area contributed by atoms with Gasteiger partial charge in [-0.2, -0.15) is 0 Å². The molecule has 1 aliphatic heterocycles. The number of ether oxygens (including phenoxy) is 1. The van der Waals surface area contributed by atoms with Crippen LogP contribution < -0.4 is 19.7 Å². The zero-order chi connectivity index (χ0) is 37.7. The van der Waals surface area contributed by atoms with Crippen molar-refractivity contribution in [3.05, 3.63) is 99.3 Å². The number of nitrogens with one attached hydrogen (secondary N) is 2. The third-order valence-electron chi connectivity index (χ3n) is 8.23. The van der Waals surface area contributed by atoms with Crippen LogP contribution in [0.2, 0.25) is 0 Å². The van der Waals surface area contributed by atoms with Crippen LogP contribution >= 0.6 is 22.7 Å². The molecule has 6 rings (SSSR count). The lowest BCUT2D eigenvalue weighted by molar-refractivity contribution is 0.0973. The number of carbonyl (C=O) groups is 2. The molecule has 0 saturated heterocycles. The molecular weight excluding hydrogens is 743 g/mol. The number of benzene rings is 3. The smallest absolute Gasteiger partial charge is 0.284 e. The molecule has 5 aromatic rings. The van der Waals surface area contributed by atoms with Crippen LogP contribution in [0.3, 0.4) is 0 Å². The highest BCUT2D eigenvalue weighted by atomic mass is 32.2. The number of thiazole rings is 2. The molecule has 0 aliphatic carbocycles. The van der Waals surface area contributed by atoms with E-state index in [1.54, 1.807) is 16.9 Å². The predicted octanol–water partition coefficient (Wildman–Crippen LogP) is 6.01. The van der Waals surface area contributed by atoms with Gasteiger partial charge in [-0.15, -0.1) is 11.3 Å². The van der Waals surface area contributed by atoms with Gasteiger partial charge in [0.25, 0.3) is 21.8 Å². The van der Waals surface area contributed by atoms with E-state index in [4.69, 9.17) is 4.74 Å². The van der Waals surface area contributed by atoms with Gasteiger partial charge >= 0.3 is 0 Å². The average Bonchev–Trinajstić information content (AvgIpc) is 3.74. The molecule has 0 saturated carbocycles. The molecule has 3 heterocycles. The zero-order valence-corrected chi connectivity index (χ0v) is 31.6. The fourth-order valence-electron chi connectivity index (χ4n) is 5.54. The SMILES string of the molecule is CC(F)S(=O)(=O)NC(=O)c1nc(N2CCc3cccc(C(=O)Nc4nc5ccccc5s4)c3C2)sc1CCCOc1ccc(C#CCN(C)C)cc1F. The molecule has 16 heteroatoms. The van der Waals surface area contributed by atoms with Crippen molar-refractivity contribution >= 4 is 65.0 Å². The molecule has 0 fully saturated rings. The highest BCUT2D eigenvalue weighted by molar-refractivity contribution is 7.90. The molecular formula is C37H36F2N6O5S3. The van der Waals surface area contributed by atoms with E-state index < -0.39 is 27.3 Å². The van der Waals surface area contributed by atoms with Gasteiger partial charge in [0.1, 0.15) is 5.69 Å². The minimum absolute atomic E-state index is 0.0455. The topological polar surface area (TPSA) is 134 Å². The van der Waals surface area contributed by atoms with Gasteiger partial charge in [0.05, 0.1) is 23.4 Å². The number of hydrogen-bond acceptors (Lipinski definition) is 11. The number of anilines is 2. The number of fused-ring (bicyclic) bond motifs is 2. The summed E-state index contributed by atoms with van der Waals surface area (Å²) in [7, 11) is -0.815. The number of sulfonamides is 1. The number of hydrogen-bond donors (Lipinski definition) is 2. The monoisotopic (exact) mass is 778 g/mol. The van der Waals surface area contributed by atoms with Crippen molar-refractivity contribution < 1.29 is 31.5 Å². The average molecular weight is 779 g/mol. The van der Waals surface area contributed by atoms with Crippen molar-refractivity contribution in [2.45, 2.75) is 38.2 Å². The Morgan fingerprint density at radius 2 is 1.89 bits per heavy atom. The number of alkyl halides is 1. The van der Waals surface area contributed by atoms with E-state index in [2.05, 4.69) is 27.1 Å². The molecule has 276 valence electrons. The summed E-state index contributed by atoms with van der Waals surface area (Å²) in [4.78, 5) is 40.1. The van der Waals surface area contributed by atoms with Crippen molar-refractivity contribution in [2.75, 3.05) is 44.0 Å². The van der Waals surface area contributed by atoms with E-state index in [-0.39, 0.29) is 30.4 Å². The summed E-state index contributed by atoms with van der Waals surface area (Å²) in [5.41, 5.74) is 1.08. The highest BCUT2D eigenvalue weighted by Crippen LogP contribution is 2.34. The molecule has 11 nitrogen and oxygen atoms in total. The van der Waals surface area contributed by atoms with Crippen LogP contribution in [0.25, 0.3) is 10.2 Å². The first-order valence-corrected chi connectivity index (χ1v) is 19.8. The summed E-state index contributed by atoms with van der Waals surface area (Å²) in [5.74, 6) is 3.98. The lowest BCUT2D eigenvalue weighted by Crippen LogP contribution is -2.36. The minimum Gasteiger partial charge on any atom is -0.491 e. The Bertz CT molecular complexity index is 2300. The van der Waals surface area contributed by atoms with E-state index >= 15 is 0 Å². The number of carbonyl (C=O) groups excluding carboxylic acids is 2. The number of aryl methyl sites for hydroxylation is 1. The van der Waals surface area contributed by atoms with E-state index in [1.165, 1.54) is 34.8 Å². The van der Waals surface area contributed by atoms with Crippen LogP contribution in [-0.2, 0) is 29.4 Å². The largest absolute Gasteiger partial charge is 0.491 e. The first-order chi connectivity index (χ1) is 25.4. The molecule has 2 aromatic heterocycles. The summed E-state index contributed by atoms with van der Waals surface area (Å²) < 4.78 is 61.5. The Hall–Kier alpha value is -4.95. The lowest BCUT2D eigenvalue weighted by Gasteiger charge is -2.29. The number of aromatic nitrogens is 2. The van der Waals surface area contributed by atoms with Gasteiger partial charge in [-0.25, -0.2) is 31.9 Å². The molecule has 3 aromatic carbocycles. The lowest BCUT2D eigenvalue weighted by atomic mass is 9.94. The van der Waals surface area contributed by atoms with Gasteiger partial charge in [-0.1, -0.05) is 47.4 Å². The molecule has 1 atom stereocenters. The number of amides is 2. The number of halogens is 2. The summed E-state index contributed by atoms with van der Waals surface area (Å²) in [6.07, 6.45) is 1.15. The Morgan fingerprint density at radius 3 is 2.64 bits per heavy atom. The van der Waals surface area contributed by atoms with Crippen molar-refractivity contribution in [1.82, 2.24) is 19.6 Å². The molecule has 0 radical (unpaired) electrons. The zero-order valence-electron chi connectivity index (χ0n) is 29.1. The second kappa shape index (κ2) is 16.4. The van der Waals surface area contributed by atoms with Gasteiger partial charge in [0.15, 0.2) is 21.8 Å². The molecule has 1 aliphatic rings. The standard InChI is InChI=1S/C37H36F2N6O5S3/c1-23(38)53(48,49)43-35(47)33-32(14-8-20-50-30-16-15-24(21-28(30)39)9-7-18-44(2)3)52-37(41-33)45-19-17-25-10-6-11-26(27(25)22-45)34(46)42-36-40-29-12-4-5-13-31(29)51-36/h4-6,10-13,15-16,21,23H,8,14,17-20,22H2,1-3H3,(H,43,47)(H,40,42,46). The summed E-state index contributed by atoms with van der Waals surface area (Å²) in [6, 6.07) is 17.6. The second-order valence-corrected chi connectivity index (χ2v) is 16.5. The normalized spacial score (nSPS) is 13.3. The fourth-order valence-corrected chi connectivity index (χ4v) is 8.04. The number of para-hydroxylation sites is 1. The summed E-state index contributed by atoms with van der Waals surface area (Å²) >= 11 is 2.57. The van der Waals surface area contributed by atoms with Crippen LogP contribution in [0, 0.1) is 17.7 Å². The third kappa shape index (κ3) is 9.17. The van der Waals surface area contributed by atoms with Gasteiger partial charge < -0.3 is 9.64 Å². The quantitative estimate of drug-likeness (QED) is 0.116. The molecule has 0 spiro atoms. The first-order valence-electron chi connectivity index (χ1n) is 16.7. The van der Waals surface area contributed by atoms with Crippen LogP contribution in [0.4, 0.5) is 19.0 Å². The maximum atomic E-state index is 14.7. The Labute approximate surface area is 314 Å². The van der Waals surface area contributed by atoms with Crippen molar-refractivity contribution in [3.8, 4) is 17.6 Å². The maximum absolute atomic E-state index is 14.7. The van der Waals surface area contributed by atoms with Crippen LogP contribution in [-0.4, -0.2) is 74.4 Å². The van der Waals surface area contributed by atoms with Gasteiger partial charge in [-0.3, -0.25) is 19.8 Å². The Kier molecular flexibility index (Phi) is 11.7. The fraction of sp³-hybridized carbons (Fsp3) is 0.297. The number of nitrogens with zero attached hydrogens (tertiary/aromatic N) is 4. The van der Waals surface area contributed by atoms with E-state index in [9.17, 15) is 26.8 Å². The van der Waals surface area contributed by atoms with E-state index in [0.717, 1.165) is 28.3 Å². The van der Waals surface area contributed by atoms with E-state index in [1.807, 2.05) is 60.3 Å². The van der Waals surface area contributed by atoms with Gasteiger partial charge in [-0.05, 0) is 87.8 Å². The van der Waals surface area contributed by atoms with Crippen LogP contribution in [0.1, 0.15) is 55.8 Å². The molecule has 53 heavy (non-hydrogen) atoms. The van der Waals surface area contributed by atoms with E-state index in [0.29, 0.717) is 58.7 Å². The molecule has 2 N–H and O–H groups in total. The highest BCUT2D eigenvalue weighted by Gasteiger charge is 2.30. The second-order valence-electron chi connectivity index (χ2n) is 12.5. The molecule has 2 amide bonds. The summed E-state index contributed by atoms with van der Waals surface area (Å²) in [5, 5.41) is 3.83. The van der Waals surface area contributed by atoms with Crippen molar-refractivity contribution in [1.29, 1.82) is 0 Å². The first kappa shape index (κ1) is 37.8. The van der Waals surface area contributed by atoms with Gasteiger partial charge in [0, 0.05) is 29.1 Å². The summed E-state index contributed by atoms with van der Waals surface area (Å²) in [6.45, 7) is 2.25. The van der Waals surface area contributed by atoms with Gasteiger partial charge in [0.2, 0.25) is 5.50 Å². The van der Waals surface area contributed by atoms with Crippen LogP contribution in [0.15, 0.2) is 60.7 Å². The minimum atomic E-state index is -4.59. The molecule has 1 unspecified atom stereocenters. The third-order valence-corrected chi connectivity index (χ3v) is 11.7. The van der Waals surface area contributed by atoms with Crippen molar-refractivity contribution in [3.63, 3.8) is 0 Å².